The highest BCUT2D eigenvalue weighted by molar-refractivity contribution is 5.85. The molecule has 0 amide bonds. The lowest BCUT2D eigenvalue weighted by molar-refractivity contribution is 0.786. The van der Waals surface area contributed by atoms with Crippen LogP contribution < -0.4 is 0 Å². The van der Waals surface area contributed by atoms with E-state index in [1.54, 1.807) is 0 Å². The van der Waals surface area contributed by atoms with Gasteiger partial charge < -0.3 is 9.13 Å². The Hall–Kier alpha value is -4.69. The summed E-state index contributed by atoms with van der Waals surface area (Å²) in [5, 5.41) is 9.43. The first-order chi connectivity index (χ1) is 17.1. The van der Waals surface area contributed by atoms with Crippen molar-refractivity contribution in [2.45, 2.75) is 13.5 Å². The van der Waals surface area contributed by atoms with Gasteiger partial charge in [0.25, 0.3) is 0 Å². The first-order valence-corrected chi connectivity index (χ1v) is 11.6. The standard InChI is InChI=1S/C30H23N5/c1-20-32-27-16-15-23(30-33-26-9-5-6-10-28(26)34(30)2)17-29(27)35(20)19-21-11-13-22(14-12-21)25-8-4-3-7-24(25)18-31/h3-17H,19H2,1-2H3. The average molecular weight is 454 g/mol. The molecule has 0 bridgehead atoms. The van der Waals surface area contributed by atoms with Gasteiger partial charge in [-0.05, 0) is 60.0 Å². The Kier molecular flexibility index (Phi) is 4.93. The maximum Gasteiger partial charge on any atom is 0.140 e. The predicted molar refractivity (Wildman–Crippen MR) is 140 cm³/mol. The van der Waals surface area contributed by atoms with Gasteiger partial charge in [-0.1, -0.05) is 54.6 Å². The van der Waals surface area contributed by atoms with Gasteiger partial charge in [-0.3, -0.25) is 0 Å². The van der Waals surface area contributed by atoms with Gasteiger partial charge in [0.05, 0.1) is 33.7 Å². The van der Waals surface area contributed by atoms with Crippen molar-refractivity contribution in [3.05, 3.63) is 108 Å². The van der Waals surface area contributed by atoms with Crippen molar-refractivity contribution >= 4 is 22.1 Å². The topological polar surface area (TPSA) is 59.4 Å². The van der Waals surface area contributed by atoms with Crippen LogP contribution in [0, 0.1) is 18.3 Å². The van der Waals surface area contributed by atoms with Crippen LogP contribution in [0.25, 0.3) is 44.6 Å². The number of hydrogen-bond acceptors (Lipinski definition) is 3. The number of aromatic nitrogens is 4. The van der Waals surface area contributed by atoms with E-state index < -0.39 is 0 Å². The van der Waals surface area contributed by atoms with Crippen LogP contribution in [0.4, 0.5) is 0 Å². The second kappa shape index (κ2) is 8.27. The molecule has 0 unspecified atom stereocenters. The van der Waals surface area contributed by atoms with Crippen LogP contribution in [0.15, 0.2) is 91.0 Å². The number of rotatable bonds is 4. The zero-order valence-corrected chi connectivity index (χ0v) is 19.6. The molecule has 5 nitrogen and oxygen atoms in total. The van der Waals surface area contributed by atoms with Crippen molar-refractivity contribution in [2.75, 3.05) is 0 Å². The molecule has 35 heavy (non-hydrogen) atoms. The Balaban J connectivity index is 1.37. The normalized spacial score (nSPS) is 11.2. The van der Waals surface area contributed by atoms with Crippen LogP contribution in [0.2, 0.25) is 0 Å². The smallest absolute Gasteiger partial charge is 0.140 e. The Labute approximate surface area is 203 Å². The Morgan fingerprint density at radius 1 is 0.771 bits per heavy atom. The minimum atomic E-state index is 0.686. The van der Waals surface area contributed by atoms with Crippen LogP contribution in [0.1, 0.15) is 17.0 Å². The highest BCUT2D eigenvalue weighted by Crippen LogP contribution is 2.28. The lowest BCUT2D eigenvalue weighted by Crippen LogP contribution is -2.02. The molecule has 2 aromatic heterocycles. The number of para-hydroxylation sites is 2. The molecule has 0 aliphatic carbocycles. The maximum atomic E-state index is 9.43. The van der Waals surface area contributed by atoms with Crippen molar-refractivity contribution < 1.29 is 0 Å². The fourth-order valence-corrected chi connectivity index (χ4v) is 4.79. The van der Waals surface area contributed by atoms with Gasteiger partial charge in [-0.2, -0.15) is 5.26 Å². The molecule has 6 rings (SSSR count). The van der Waals surface area contributed by atoms with E-state index in [4.69, 9.17) is 9.97 Å². The van der Waals surface area contributed by atoms with Gasteiger partial charge in [-0.15, -0.1) is 0 Å². The molecule has 0 N–H and O–H groups in total. The van der Waals surface area contributed by atoms with Gasteiger partial charge >= 0.3 is 0 Å². The minimum Gasteiger partial charge on any atom is -0.327 e. The van der Waals surface area contributed by atoms with Crippen molar-refractivity contribution in [3.8, 4) is 28.6 Å². The second-order valence-corrected chi connectivity index (χ2v) is 8.79. The lowest BCUT2D eigenvalue weighted by atomic mass is 9.99. The van der Waals surface area contributed by atoms with Gasteiger partial charge in [0.1, 0.15) is 11.6 Å². The maximum absolute atomic E-state index is 9.43. The molecule has 2 heterocycles. The van der Waals surface area contributed by atoms with E-state index in [-0.39, 0.29) is 0 Å². The second-order valence-electron chi connectivity index (χ2n) is 8.79. The van der Waals surface area contributed by atoms with E-state index >= 15 is 0 Å². The molecular weight excluding hydrogens is 430 g/mol. The highest BCUT2D eigenvalue weighted by Gasteiger charge is 2.14. The Morgan fingerprint density at radius 2 is 1.49 bits per heavy atom. The van der Waals surface area contributed by atoms with Gasteiger partial charge in [-0.25, -0.2) is 9.97 Å². The summed E-state index contributed by atoms with van der Waals surface area (Å²) in [6, 6.07) is 33.0. The minimum absolute atomic E-state index is 0.686. The zero-order chi connectivity index (χ0) is 23.9. The van der Waals surface area contributed by atoms with E-state index in [9.17, 15) is 5.26 Å². The van der Waals surface area contributed by atoms with Gasteiger partial charge in [0, 0.05) is 19.2 Å². The van der Waals surface area contributed by atoms with Gasteiger partial charge in [0.2, 0.25) is 0 Å². The summed E-state index contributed by atoms with van der Waals surface area (Å²) in [6.45, 7) is 2.76. The summed E-state index contributed by atoms with van der Waals surface area (Å²) in [6.07, 6.45) is 0. The van der Waals surface area contributed by atoms with Crippen LogP contribution in [-0.4, -0.2) is 19.1 Å². The van der Waals surface area contributed by atoms with E-state index in [2.05, 4.69) is 70.8 Å². The van der Waals surface area contributed by atoms with Crippen molar-refractivity contribution in [3.63, 3.8) is 0 Å². The summed E-state index contributed by atoms with van der Waals surface area (Å²) in [4.78, 5) is 9.67. The monoisotopic (exact) mass is 453 g/mol. The number of aryl methyl sites for hydroxylation is 2. The number of nitriles is 1. The molecule has 0 aliphatic heterocycles. The molecule has 6 aromatic rings. The molecule has 0 spiro atoms. The third-order valence-corrected chi connectivity index (χ3v) is 6.64. The first-order valence-electron chi connectivity index (χ1n) is 11.6. The Morgan fingerprint density at radius 3 is 2.29 bits per heavy atom. The summed E-state index contributed by atoms with van der Waals surface area (Å²) in [7, 11) is 2.06. The van der Waals surface area contributed by atoms with Gasteiger partial charge in [0.15, 0.2) is 0 Å². The third kappa shape index (κ3) is 3.56. The number of imidazole rings is 2. The fraction of sp³-hybridized carbons (Fsp3) is 0.100. The molecule has 5 heteroatoms. The van der Waals surface area contributed by atoms with Crippen LogP contribution in [0.3, 0.4) is 0 Å². The van der Waals surface area contributed by atoms with Crippen LogP contribution >= 0.6 is 0 Å². The van der Waals surface area contributed by atoms with E-state index in [0.717, 1.165) is 50.4 Å². The third-order valence-electron chi connectivity index (χ3n) is 6.64. The van der Waals surface area contributed by atoms with Crippen molar-refractivity contribution in [1.82, 2.24) is 19.1 Å². The molecular formula is C30H23N5. The zero-order valence-electron chi connectivity index (χ0n) is 19.6. The molecule has 0 saturated heterocycles. The summed E-state index contributed by atoms with van der Waals surface area (Å²) in [5.41, 5.74) is 9.11. The van der Waals surface area contributed by atoms with E-state index in [1.165, 1.54) is 5.56 Å². The predicted octanol–water partition coefficient (Wildman–Crippen LogP) is 6.49. The molecule has 4 aromatic carbocycles. The quantitative estimate of drug-likeness (QED) is 0.307. The van der Waals surface area contributed by atoms with Crippen molar-refractivity contribution in [1.29, 1.82) is 5.26 Å². The first kappa shape index (κ1) is 20.9. The summed E-state index contributed by atoms with van der Waals surface area (Å²) >= 11 is 0. The molecule has 0 fully saturated rings. The molecule has 0 aliphatic rings. The number of fused-ring (bicyclic) bond motifs is 2. The van der Waals surface area contributed by atoms with Crippen LogP contribution in [0.5, 0.6) is 0 Å². The number of benzene rings is 4. The molecule has 0 atom stereocenters. The molecule has 168 valence electrons. The SMILES string of the molecule is Cc1nc2ccc(-c3nc4ccccc4n3C)cc2n1Cc1ccc(-c2ccccc2C#N)cc1. The Bertz CT molecular complexity index is 1750. The van der Waals surface area contributed by atoms with E-state index in [0.29, 0.717) is 12.1 Å². The van der Waals surface area contributed by atoms with Crippen LogP contribution in [-0.2, 0) is 13.6 Å². The van der Waals surface area contributed by atoms with E-state index in [1.807, 2.05) is 49.4 Å². The molecule has 0 saturated carbocycles. The number of nitrogens with zero attached hydrogens (tertiary/aromatic N) is 5. The van der Waals surface area contributed by atoms with Crippen molar-refractivity contribution in [2.24, 2.45) is 7.05 Å². The average Bonchev–Trinajstić information content (AvgIpc) is 3.40. The summed E-state index contributed by atoms with van der Waals surface area (Å²) in [5.74, 6) is 1.92. The molecule has 0 radical (unpaired) electrons. The summed E-state index contributed by atoms with van der Waals surface area (Å²) < 4.78 is 4.39. The number of hydrogen-bond donors (Lipinski definition) is 0. The lowest BCUT2D eigenvalue weighted by Gasteiger charge is -2.10. The highest BCUT2D eigenvalue weighted by atomic mass is 15.1. The fourth-order valence-electron chi connectivity index (χ4n) is 4.79. The largest absolute Gasteiger partial charge is 0.327 e.